The zero-order valence-electron chi connectivity index (χ0n) is 11.3. The van der Waals surface area contributed by atoms with E-state index in [1.165, 1.54) is 0 Å². The fourth-order valence-electron chi connectivity index (χ4n) is 2.35. The third-order valence-electron chi connectivity index (χ3n) is 3.09. The standard InChI is InChI=1S/C15H21NO2/c1-15(2,3)18-14(17)12-9-10-16-13(12)11-7-5-4-6-8-11/h4-8,12-13,16H,9-10H2,1-3H3/t12-,13-/m1/s1. The maximum absolute atomic E-state index is 12.2. The van der Waals surface area contributed by atoms with Crippen molar-refractivity contribution in [1.29, 1.82) is 0 Å². The summed E-state index contributed by atoms with van der Waals surface area (Å²) in [6.45, 7) is 6.59. The summed E-state index contributed by atoms with van der Waals surface area (Å²) in [6, 6.07) is 10.2. The first-order valence-electron chi connectivity index (χ1n) is 6.48. The van der Waals surface area contributed by atoms with Gasteiger partial charge < -0.3 is 10.1 Å². The molecule has 0 amide bonds. The van der Waals surface area contributed by atoms with Crippen molar-refractivity contribution in [2.45, 2.75) is 38.8 Å². The minimum Gasteiger partial charge on any atom is -0.460 e. The highest BCUT2D eigenvalue weighted by atomic mass is 16.6. The van der Waals surface area contributed by atoms with Crippen LogP contribution in [0.15, 0.2) is 30.3 Å². The molecule has 0 radical (unpaired) electrons. The molecule has 3 heteroatoms. The second kappa shape index (κ2) is 5.11. The highest BCUT2D eigenvalue weighted by Crippen LogP contribution is 2.31. The number of rotatable bonds is 2. The van der Waals surface area contributed by atoms with Gasteiger partial charge in [-0.15, -0.1) is 0 Å². The van der Waals surface area contributed by atoms with E-state index in [1.807, 2.05) is 39.0 Å². The fourth-order valence-corrected chi connectivity index (χ4v) is 2.35. The molecule has 1 aliphatic rings. The van der Waals surface area contributed by atoms with E-state index in [0.717, 1.165) is 18.5 Å². The first-order chi connectivity index (χ1) is 8.47. The van der Waals surface area contributed by atoms with Crippen LogP contribution in [0.5, 0.6) is 0 Å². The topological polar surface area (TPSA) is 38.3 Å². The predicted molar refractivity (Wildman–Crippen MR) is 71.1 cm³/mol. The van der Waals surface area contributed by atoms with E-state index < -0.39 is 5.60 Å². The fraction of sp³-hybridized carbons (Fsp3) is 0.533. The van der Waals surface area contributed by atoms with Crippen LogP contribution in [0, 0.1) is 5.92 Å². The Morgan fingerprint density at radius 3 is 2.56 bits per heavy atom. The molecule has 2 atom stereocenters. The van der Waals surface area contributed by atoms with E-state index in [-0.39, 0.29) is 17.9 Å². The van der Waals surface area contributed by atoms with Gasteiger partial charge in [0.2, 0.25) is 0 Å². The first-order valence-corrected chi connectivity index (χ1v) is 6.48. The minimum absolute atomic E-state index is 0.0772. The molecule has 18 heavy (non-hydrogen) atoms. The number of esters is 1. The van der Waals surface area contributed by atoms with E-state index in [0.29, 0.717) is 0 Å². The van der Waals surface area contributed by atoms with E-state index in [4.69, 9.17) is 4.74 Å². The van der Waals surface area contributed by atoms with Crippen LogP contribution in [0.4, 0.5) is 0 Å². The summed E-state index contributed by atoms with van der Waals surface area (Å²) in [5, 5.41) is 3.39. The molecule has 0 aromatic heterocycles. The van der Waals surface area contributed by atoms with Crippen molar-refractivity contribution in [3.63, 3.8) is 0 Å². The molecule has 1 N–H and O–H groups in total. The van der Waals surface area contributed by atoms with Gasteiger partial charge in [-0.25, -0.2) is 0 Å². The molecule has 1 aliphatic heterocycles. The Bertz CT molecular complexity index is 408. The van der Waals surface area contributed by atoms with Gasteiger partial charge in [0.15, 0.2) is 0 Å². The van der Waals surface area contributed by atoms with Gasteiger partial charge in [0.25, 0.3) is 0 Å². The normalized spacial score (nSPS) is 23.9. The van der Waals surface area contributed by atoms with E-state index in [1.54, 1.807) is 0 Å². The molecule has 0 aliphatic carbocycles. The molecule has 1 heterocycles. The van der Waals surface area contributed by atoms with E-state index in [2.05, 4.69) is 17.4 Å². The number of hydrogen-bond acceptors (Lipinski definition) is 3. The number of carbonyl (C=O) groups is 1. The van der Waals surface area contributed by atoms with Crippen LogP contribution < -0.4 is 5.32 Å². The summed E-state index contributed by atoms with van der Waals surface area (Å²) >= 11 is 0. The highest BCUT2D eigenvalue weighted by molar-refractivity contribution is 5.74. The zero-order valence-corrected chi connectivity index (χ0v) is 11.3. The average molecular weight is 247 g/mol. The van der Waals surface area contributed by atoms with Crippen LogP contribution in [0.2, 0.25) is 0 Å². The van der Waals surface area contributed by atoms with Crippen molar-refractivity contribution < 1.29 is 9.53 Å². The SMILES string of the molecule is CC(C)(C)OC(=O)[C@@H]1CCN[C@@H]1c1ccccc1. The summed E-state index contributed by atoms with van der Waals surface area (Å²) in [5.74, 6) is -0.173. The number of benzene rings is 1. The molecule has 0 saturated carbocycles. The molecule has 1 aromatic carbocycles. The Morgan fingerprint density at radius 2 is 1.94 bits per heavy atom. The molecule has 98 valence electrons. The van der Waals surface area contributed by atoms with Crippen LogP contribution >= 0.6 is 0 Å². The number of carbonyl (C=O) groups excluding carboxylic acids is 1. The maximum Gasteiger partial charge on any atom is 0.311 e. The van der Waals surface area contributed by atoms with Gasteiger partial charge in [-0.05, 0) is 39.3 Å². The van der Waals surface area contributed by atoms with Crippen LogP contribution in [0.25, 0.3) is 0 Å². The van der Waals surface area contributed by atoms with Crippen molar-refractivity contribution >= 4 is 5.97 Å². The lowest BCUT2D eigenvalue weighted by atomic mass is 9.94. The van der Waals surface area contributed by atoms with Gasteiger partial charge in [-0.2, -0.15) is 0 Å². The molecule has 0 bridgehead atoms. The molecule has 2 rings (SSSR count). The third kappa shape index (κ3) is 3.10. The predicted octanol–water partition coefficient (Wildman–Crippen LogP) is 2.68. The van der Waals surface area contributed by atoms with Crippen LogP contribution in [0.1, 0.15) is 38.8 Å². The van der Waals surface area contributed by atoms with E-state index >= 15 is 0 Å². The minimum atomic E-state index is -0.416. The van der Waals surface area contributed by atoms with Gasteiger partial charge in [-0.3, -0.25) is 4.79 Å². The molecule has 3 nitrogen and oxygen atoms in total. The quantitative estimate of drug-likeness (QED) is 0.817. The van der Waals surface area contributed by atoms with Gasteiger partial charge in [0.1, 0.15) is 5.60 Å². The largest absolute Gasteiger partial charge is 0.460 e. The van der Waals surface area contributed by atoms with Crippen molar-refractivity contribution in [1.82, 2.24) is 5.32 Å². The highest BCUT2D eigenvalue weighted by Gasteiger charge is 2.36. The monoisotopic (exact) mass is 247 g/mol. The molecule has 1 saturated heterocycles. The first kappa shape index (κ1) is 13.1. The second-order valence-electron chi connectivity index (χ2n) is 5.77. The lowest BCUT2D eigenvalue weighted by Crippen LogP contribution is -2.31. The Labute approximate surface area is 109 Å². The lowest BCUT2D eigenvalue weighted by molar-refractivity contribution is -0.160. The molecular weight excluding hydrogens is 226 g/mol. The Balaban J connectivity index is 2.11. The van der Waals surface area contributed by atoms with Crippen molar-refractivity contribution in [3.8, 4) is 0 Å². The number of ether oxygens (including phenoxy) is 1. The lowest BCUT2D eigenvalue weighted by Gasteiger charge is -2.25. The van der Waals surface area contributed by atoms with Gasteiger partial charge >= 0.3 is 5.97 Å². The molecule has 0 unspecified atom stereocenters. The van der Waals surface area contributed by atoms with Crippen LogP contribution in [-0.2, 0) is 9.53 Å². The van der Waals surface area contributed by atoms with E-state index in [9.17, 15) is 4.79 Å². The van der Waals surface area contributed by atoms with Crippen molar-refractivity contribution in [2.24, 2.45) is 5.92 Å². The average Bonchev–Trinajstić information content (AvgIpc) is 2.76. The van der Waals surface area contributed by atoms with Gasteiger partial charge in [0.05, 0.1) is 5.92 Å². The molecule has 1 fully saturated rings. The Kier molecular flexibility index (Phi) is 3.71. The summed E-state index contributed by atoms with van der Waals surface area (Å²) in [6.07, 6.45) is 0.842. The summed E-state index contributed by atoms with van der Waals surface area (Å²) in [7, 11) is 0. The number of hydrogen-bond donors (Lipinski definition) is 1. The molecule has 0 spiro atoms. The molecular formula is C15H21NO2. The third-order valence-corrected chi connectivity index (χ3v) is 3.09. The van der Waals surface area contributed by atoms with Gasteiger partial charge in [-0.1, -0.05) is 30.3 Å². The zero-order chi connectivity index (χ0) is 13.2. The number of nitrogens with one attached hydrogen (secondary N) is 1. The maximum atomic E-state index is 12.2. The van der Waals surface area contributed by atoms with Crippen molar-refractivity contribution in [2.75, 3.05) is 6.54 Å². The summed E-state index contributed by atoms with van der Waals surface area (Å²) in [4.78, 5) is 12.2. The second-order valence-corrected chi connectivity index (χ2v) is 5.77. The Morgan fingerprint density at radius 1 is 1.28 bits per heavy atom. The van der Waals surface area contributed by atoms with Crippen LogP contribution in [0.3, 0.4) is 0 Å². The van der Waals surface area contributed by atoms with Crippen LogP contribution in [-0.4, -0.2) is 18.1 Å². The van der Waals surface area contributed by atoms with Gasteiger partial charge in [0, 0.05) is 6.04 Å². The van der Waals surface area contributed by atoms with Crippen molar-refractivity contribution in [3.05, 3.63) is 35.9 Å². The molecule has 1 aromatic rings. The summed E-state index contributed by atoms with van der Waals surface area (Å²) in [5.41, 5.74) is 0.742. The smallest absolute Gasteiger partial charge is 0.311 e. The Hall–Kier alpha value is -1.35. The summed E-state index contributed by atoms with van der Waals surface area (Å²) < 4.78 is 5.49.